The van der Waals surface area contributed by atoms with Gasteiger partial charge in [-0.25, -0.2) is 0 Å². The van der Waals surface area contributed by atoms with Gasteiger partial charge in [-0.05, 0) is 30.7 Å². The van der Waals surface area contributed by atoms with Gasteiger partial charge in [0.15, 0.2) is 0 Å². The molecule has 128 valence electrons. The maximum Gasteiger partial charge on any atom is 0.416 e. The lowest BCUT2D eigenvalue weighted by molar-refractivity contribution is -0.138. The Morgan fingerprint density at radius 1 is 1.17 bits per heavy atom. The van der Waals surface area contributed by atoms with Crippen LogP contribution in [0.2, 0.25) is 0 Å². The monoisotopic (exact) mass is 341 g/mol. The van der Waals surface area contributed by atoms with Gasteiger partial charge in [-0.2, -0.15) is 13.2 Å². The molecule has 0 bridgehead atoms. The third kappa shape index (κ3) is 4.15. The maximum absolute atomic E-state index is 12.6. The first kappa shape index (κ1) is 17.6. The van der Waals surface area contributed by atoms with E-state index in [2.05, 4.69) is 0 Å². The van der Waals surface area contributed by atoms with Crippen LogP contribution >= 0.6 is 0 Å². The van der Waals surface area contributed by atoms with E-state index in [-0.39, 0.29) is 12.1 Å². The van der Waals surface area contributed by atoms with Crippen LogP contribution in [0.3, 0.4) is 0 Å². The van der Waals surface area contributed by atoms with E-state index in [1.807, 2.05) is 0 Å². The van der Waals surface area contributed by atoms with Crippen molar-refractivity contribution in [1.29, 1.82) is 0 Å². The van der Waals surface area contributed by atoms with Crippen molar-refractivity contribution in [3.05, 3.63) is 59.0 Å². The fraction of sp³-hybridized carbons (Fsp3) is 0.250. The van der Waals surface area contributed by atoms with Crippen LogP contribution in [0.1, 0.15) is 27.2 Å². The quantitative estimate of drug-likeness (QED) is 0.905. The Morgan fingerprint density at radius 2 is 1.79 bits per heavy atom. The van der Waals surface area contributed by atoms with E-state index < -0.39 is 30.2 Å². The van der Waals surface area contributed by atoms with Gasteiger partial charge in [-0.1, -0.05) is 12.1 Å². The smallest absolute Gasteiger partial charge is 0.416 e. The highest BCUT2D eigenvalue weighted by molar-refractivity contribution is 5.96. The summed E-state index contributed by atoms with van der Waals surface area (Å²) in [4.78, 5) is 24.4. The van der Waals surface area contributed by atoms with E-state index in [1.165, 1.54) is 24.5 Å². The van der Waals surface area contributed by atoms with E-state index >= 15 is 0 Å². The first-order valence-corrected chi connectivity index (χ1v) is 6.90. The average molecular weight is 341 g/mol. The summed E-state index contributed by atoms with van der Waals surface area (Å²) in [7, 11) is 0. The van der Waals surface area contributed by atoms with E-state index in [1.54, 1.807) is 6.92 Å². The summed E-state index contributed by atoms with van der Waals surface area (Å²) in [5.74, 6) is -1.46. The molecule has 0 aliphatic heterocycles. The van der Waals surface area contributed by atoms with Crippen LogP contribution in [-0.2, 0) is 17.5 Å². The number of carbonyl (C=O) groups is 2. The predicted molar refractivity (Wildman–Crippen MR) is 77.3 cm³/mol. The molecule has 0 radical (unpaired) electrons. The summed E-state index contributed by atoms with van der Waals surface area (Å²) >= 11 is 0. The van der Waals surface area contributed by atoms with Crippen LogP contribution in [0.4, 0.5) is 13.2 Å². The number of carboxylic acids is 1. The summed E-state index contributed by atoms with van der Waals surface area (Å²) in [6, 6.07) is 5.63. The van der Waals surface area contributed by atoms with Gasteiger partial charge in [0.05, 0.1) is 17.4 Å². The molecule has 1 heterocycles. The highest BCUT2D eigenvalue weighted by Crippen LogP contribution is 2.29. The Hall–Kier alpha value is -2.77. The number of alkyl halides is 3. The Kier molecular flexibility index (Phi) is 4.96. The first-order chi connectivity index (χ1) is 11.2. The van der Waals surface area contributed by atoms with E-state index in [4.69, 9.17) is 9.52 Å². The van der Waals surface area contributed by atoms with Crippen molar-refractivity contribution in [1.82, 2.24) is 4.90 Å². The standard InChI is InChI=1S/C16H14F3NO4/c1-10-13(6-7-24-10)15(23)20(9-14(21)22)8-11-2-4-12(5-3-11)16(17,18)19/h2-7H,8-9H2,1H3,(H,21,22). The Balaban J connectivity index is 2.21. The molecule has 1 amide bonds. The molecular formula is C16H14F3NO4. The zero-order valence-corrected chi connectivity index (χ0v) is 12.6. The molecule has 1 aromatic carbocycles. The number of halogens is 3. The summed E-state index contributed by atoms with van der Waals surface area (Å²) < 4.78 is 42.7. The fourth-order valence-corrected chi connectivity index (χ4v) is 2.16. The van der Waals surface area contributed by atoms with Crippen molar-refractivity contribution in [3.63, 3.8) is 0 Å². The summed E-state index contributed by atoms with van der Waals surface area (Å²) in [6.45, 7) is 0.850. The number of amides is 1. The second kappa shape index (κ2) is 6.77. The average Bonchev–Trinajstić information content (AvgIpc) is 2.91. The summed E-state index contributed by atoms with van der Waals surface area (Å²) in [5.41, 5.74) is -0.213. The molecular weight excluding hydrogens is 327 g/mol. The molecule has 1 aromatic heterocycles. The lowest BCUT2D eigenvalue weighted by Gasteiger charge is -2.21. The van der Waals surface area contributed by atoms with Crippen LogP contribution in [0.25, 0.3) is 0 Å². The highest BCUT2D eigenvalue weighted by atomic mass is 19.4. The second-order valence-electron chi connectivity index (χ2n) is 5.14. The van der Waals surface area contributed by atoms with Crippen molar-refractivity contribution in [3.8, 4) is 0 Å². The molecule has 0 spiro atoms. The lowest BCUT2D eigenvalue weighted by atomic mass is 10.1. The number of nitrogens with zero attached hydrogens (tertiary/aromatic N) is 1. The van der Waals surface area contributed by atoms with Crippen molar-refractivity contribution in [2.45, 2.75) is 19.6 Å². The minimum atomic E-state index is -4.46. The molecule has 5 nitrogen and oxygen atoms in total. The van der Waals surface area contributed by atoms with Crippen LogP contribution in [0.15, 0.2) is 41.0 Å². The van der Waals surface area contributed by atoms with Gasteiger partial charge in [-0.15, -0.1) is 0 Å². The third-order valence-corrected chi connectivity index (χ3v) is 3.36. The molecule has 0 fully saturated rings. The number of carbonyl (C=O) groups excluding carboxylic acids is 1. The molecule has 2 rings (SSSR count). The van der Waals surface area contributed by atoms with Gasteiger partial charge in [-0.3, -0.25) is 9.59 Å². The normalized spacial score (nSPS) is 11.3. The third-order valence-electron chi connectivity index (χ3n) is 3.36. The molecule has 0 atom stereocenters. The lowest BCUT2D eigenvalue weighted by Crippen LogP contribution is -2.35. The topological polar surface area (TPSA) is 70.8 Å². The van der Waals surface area contributed by atoms with Gasteiger partial charge in [0.2, 0.25) is 0 Å². The fourth-order valence-electron chi connectivity index (χ4n) is 2.16. The van der Waals surface area contributed by atoms with Crippen molar-refractivity contribution in [2.24, 2.45) is 0 Å². The van der Waals surface area contributed by atoms with Gasteiger partial charge >= 0.3 is 12.1 Å². The van der Waals surface area contributed by atoms with Crippen LogP contribution in [0, 0.1) is 6.92 Å². The minimum absolute atomic E-state index is 0.131. The first-order valence-electron chi connectivity index (χ1n) is 6.90. The van der Waals surface area contributed by atoms with Gasteiger partial charge in [0, 0.05) is 6.54 Å². The van der Waals surface area contributed by atoms with Crippen molar-refractivity contribution in [2.75, 3.05) is 6.54 Å². The second-order valence-corrected chi connectivity index (χ2v) is 5.14. The minimum Gasteiger partial charge on any atom is -0.480 e. The van der Waals surface area contributed by atoms with Crippen LogP contribution in [0.5, 0.6) is 0 Å². The predicted octanol–water partition coefficient (Wildman–Crippen LogP) is 3.33. The zero-order valence-electron chi connectivity index (χ0n) is 12.6. The number of furan rings is 1. The molecule has 2 aromatic rings. The molecule has 0 aliphatic rings. The molecule has 8 heteroatoms. The molecule has 0 aliphatic carbocycles. The summed E-state index contributed by atoms with van der Waals surface area (Å²) in [5, 5.41) is 8.96. The van der Waals surface area contributed by atoms with Crippen LogP contribution < -0.4 is 0 Å². The number of hydrogen-bond acceptors (Lipinski definition) is 3. The van der Waals surface area contributed by atoms with E-state index in [9.17, 15) is 22.8 Å². The maximum atomic E-state index is 12.6. The zero-order chi connectivity index (χ0) is 17.9. The molecule has 24 heavy (non-hydrogen) atoms. The number of benzene rings is 1. The van der Waals surface area contributed by atoms with Crippen molar-refractivity contribution < 1.29 is 32.3 Å². The molecule has 0 unspecified atom stereocenters. The van der Waals surface area contributed by atoms with Gasteiger partial charge in [0.1, 0.15) is 12.3 Å². The number of aliphatic carboxylic acids is 1. The van der Waals surface area contributed by atoms with E-state index in [0.29, 0.717) is 11.3 Å². The molecule has 0 saturated carbocycles. The molecule has 0 saturated heterocycles. The highest BCUT2D eigenvalue weighted by Gasteiger charge is 2.30. The van der Waals surface area contributed by atoms with E-state index in [0.717, 1.165) is 17.0 Å². The Morgan fingerprint density at radius 3 is 2.25 bits per heavy atom. The number of carboxylic acid groups (broad SMARTS) is 1. The van der Waals surface area contributed by atoms with Gasteiger partial charge < -0.3 is 14.4 Å². The Bertz CT molecular complexity index is 735. The van der Waals surface area contributed by atoms with Gasteiger partial charge in [0.25, 0.3) is 5.91 Å². The summed E-state index contributed by atoms with van der Waals surface area (Å²) in [6.07, 6.45) is -3.15. The number of hydrogen-bond donors (Lipinski definition) is 1. The largest absolute Gasteiger partial charge is 0.480 e. The van der Waals surface area contributed by atoms with Crippen LogP contribution in [-0.4, -0.2) is 28.4 Å². The van der Waals surface area contributed by atoms with Crippen molar-refractivity contribution >= 4 is 11.9 Å². The SMILES string of the molecule is Cc1occc1C(=O)N(CC(=O)O)Cc1ccc(C(F)(F)F)cc1. The number of rotatable bonds is 5. The molecule has 1 N–H and O–H groups in total. The Labute approximate surface area is 135 Å². The number of aryl methyl sites for hydroxylation is 1.